The first-order valence-corrected chi connectivity index (χ1v) is 11.5. The van der Waals surface area contributed by atoms with Crippen LogP contribution in [0.3, 0.4) is 0 Å². The predicted octanol–water partition coefficient (Wildman–Crippen LogP) is 3.53. The van der Waals surface area contributed by atoms with E-state index in [1.165, 1.54) is 11.2 Å². The van der Waals surface area contributed by atoms with Crippen LogP contribution in [0.1, 0.15) is 41.7 Å². The molecular weight excluding hydrogens is 450 g/mol. The fourth-order valence-electron chi connectivity index (χ4n) is 5.01. The summed E-state index contributed by atoms with van der Waals surface area (Å²) in [5, 5.41) is 0. The van der Waals surface area contributed by atoms with Crippen molar-refractivity contribution < 1.29 is 28.3 Å². The molecule has 1 unspecified atom stereocenters. The van der Waals surface area contributed by atoms with Gasteiger partial charge < -0.3 is 18.8 Å². The van der Waals surface area contributed by atoms with E-state index in [2.05, 4.69) is 4.98 Å². The van der Waals surface area contributed by atoms with Crippen molar-refractivity contribution in [1.29, 1.82) is 0 Å². The Kier molecular flexibility index (Phi) is 4.87. The topological polar surface area (TPSA) is 102 Å². The normalized spacial score (nSPS) is 21.1. The monoisotopic (exact) mass is 473 g/mol. The minimum absolute atomic E-state index is 0.0921. The summed E-state index contributed by atoms with van der Waals surface area (Å²) in [7, 11) is 1.59. The van der Waals surface area contributed by atoms with Gasteiger partial charge in [0.2, 0.25) is 17.5 Å². The molecule has 1 saturated heterocycles. The van der Waals surface area contributed by atoms with Crippen LogP contribution in [0.25, 0.3) is 11.5 Å². The lowest BCUT2D eigenvalue weighted by molar-refractivity contribution is -0.159. The molecule has 1 saturated carbocycles. The third-order valence-electron chi connectivity index (χ3n) is 6.78. The third kappa shape index (κ3) is 3.30. The number of hydrogen-bond donors (Lipinski definition) is 0. The SMILES string of the molecule is COc1ccc(-c2nc(COC(=O)C34CCC(=O)N3c3ccccc3C(=O)N4C3CC3)co2)cc1. The van der Waals surface area contributed by atoms with Gasteiger partial charge in [0.15, 0.2) is 0 Å². The van der Waals surface area contributed by atoms with Crippen LogP contribution in [0.15, 0.2) is 59.2 Å². The number of nitrogens with zero attached hydrogens (tertiary/aromatic N) is 3. The minimum atomic E-state index is -1.48. The van der Waals surface area contributed by atoms with Crippen molar-refractivity contribution in [1.82, 2.24) is 9.88 Å². The molecule has 2 fully saturated rings. The van der Waals surface area contributed by atoms with E-state index in [0.29, 0.717) is 28.6 Å². The number of methoxy groups -OCH3 is 1. The molecule has 0 N–H and O–H groups in total. The number of esters is 1. The van der Waals surface area contributed by atoms with Crippen molar-refractivity contribution in [3.05, 3.63) is 66.1 Å². The Balaban J connectivity index is 1.28. The molecule has 178 valence electrons. The summed E-state index contributed by atoms with van der Waals surface area (Å²) in [6, 6.07) is 14.1. The maximum Gasteiger partial charge on any atom is 0.354 e. The quantitative estimate of drug-likeness (QED) is 0.505. The fourth-order valence-corrected chi connectivity index (χ4v) is 5.01. The van der Waals surface area contributed by atoms with Gasteiger partial charge in [0, 0.05) is 24.4 Å². The van der Waals surface area contributed by atoms with Crippen LogP contribution in [-0.2, 0) is 20.9 Å². The number of amides is 2. The molecule has 1 atom stereocenters. The molecule has 0 bridgehead atoms. The second-order valence-electron chi connectivity index (χ2n) is 8.92. The number of fused-ring (bicyclic) bond motifs is 3. The second kappa shape index (κ2) is 7.97. The van der Waals surface area contributed by atoms with Gasteiger partial charge in [-0.1, -0.05) is 12.1 Å². The van der Waals surface area contributed by atoms with Crippen molar-refractivity contribution in [2.75, 3.05) is 12.0 Å². The molecule has 0 radical (unpaired) electrons. The van der Waals surface area contributed by atoms with Gasteiger partial charge in [-0.05, 0) is 49.2 Å². The number of carbonyl (C=O) groups excluding carboxylic acids is 3. The molecular formula is C26H23N3O6. The van der Waals surface area contributed by atoms with E-state index in [9.17, 15) is 14.4 Å². The molecule has 2 aromatic carbocycles. The van der Waals surface area contributed by atoms with E-state index < -0.39 is 11.6 Å². The zero-order chi connectivity index (χ0) is 24.2. The van der Waals surface area contributed by atoms with Gasteiger partial charge >= 0.3 is 5.97 Å². The standard InChI is InChI=1S/C26H23N3O6/c1-33-19-10-6-16(7-11-19)23-27-17(14-34-23)15-35-25(32)26-13-12-22(30)29(26)21-5-3-2-4-20(21)24(31)28(26)18-8-9-18/h2-7,10-11,14,18H,8-9,12-13,15H2,1H3. The maximum absolute atomic E-state index is 13.7. The summed E-state index contributed by atoms with van der Waals surface area (Å²) in [6.07, 6.45) is 3.36. The molecule has 0 spiro atoms. The number of benzene rings is 2. The summed E-state index contributed by atoms with van der Waals surface area (Å²) in [6.45, 7) is -0.142. The Labute approximate surface area is 201 Å². The largest absolute Gasteiger partial charge is 0.497 e. The van der Waals surface area contributed by atoms with Gasteiger partial charge in [0.25, 0.3) is 5.91 Å². The van der Waals surface area contributed by atoms with E-state index in [0.717, 1.165) is 18.4 Å². The Morgan fingerprint density at radius 3 is 2.66 bits per heavy atom. The molecule has 1 aliphatic carbocycles. The van der Waals surface area contributed by atoms with Gasteiger partial charge in [0.1, 0.15) is 24.3 Å². The van der Waals surface area contributed by atoms with Crippen LogP contribution < -0.4 is 9.64 Å². The highest BCUT2D eigenvalue weighted by Crippen LogP contribution is 2.49. The number of para-hydroxylation sites is 1. The van der Waals surface area contributed by atoms with Crippen molar-refractivity contribution in [3.63, 3.8) is 0 Å². The van der Waals surface area contributed by atoms with Gasteiger partial charge in [-0.15, -0.1) is 0 Å². The number of anilines is 1. The minimum Gasteiger partial charge on any atom is -0.497 e. The molecule has 1 aromatic heterocycles. The highest BCUT2D eigenvalue weighted by Gasteiger charge is 2.64. The summed E-state index contributed by atoms with van der Waals surface area (Å²) in [5.41, 5.74) is 0.586. The van der Waals surface area contributed by atoms with E-state index >= 15 is 0 Å². The average Bonchev–Trinajstić information content (AvgIpc) is 3.49. The molecule has 3 aliphatic rings. The number of rotatable bonds is 6. The summed E-state index contributed by atoms with van der Waals surface area (Å²) in [5.74, 6) is 0.0289. The first-order chi connectivity index (χ1) is 17.0. The smallest absolute Gasteiger partial charge is 0.354 e. The predicted molar refractivity (Wildman–Crippen MR) is 123 cm³/mol. The maximum atomic E-state index is 13.7. The summed E-state index contributed by atoms with van der Waals surface area (Å²) < 4.78 is 16.4. The van der Waals surface area contributed by atoms with Crippen LogP contribution in [-0.4, -0.2) is 46.5 Å². The second-order valence-corrected chi connectivity index (χ2v) is 8.92. The lowest BCUT2D eigenvalue weighted by atomic mass is 9.96. The number of ether oxygens (including phenoxy) is 2. The number of aromatic nitrogens is 1. The van der Waals surface area contributed by atoms with E-state index in [-0.39, 0.29) is 37.3 Å². The Morgan fingerprint density at radius 2 is 1.91 bits per heavy atom. The average molecular weight is 473 g/mol. The molecule has 35 heavy (non-hydrogen) atoms. The van der Waals surface area contributed by atoms with Crippen LogP contribution in [0.5, 0.6) is 5.75 Å². The summed E-state index contributed by atoms with van der Waals surface area (Å²) >= 11 is 0. The zero-order valence-electron chi connectivity index (χ0n) is 19.1. The van der Waals surface area contributed by atoms with Crippen LogP contribution in [0, 0.1) is 0 Å². The third-order valence-corrected chi connectivity index (χ3v) is 6.78. The van der Waals surface area contributed by atoms with E-state index in [1.807, 2.05) is 12.1 Å². The molecule has 9 heteroatoms. The lowest BCUT2D eigenvalue weighted by Crippen LogP contribution is -2.69. The number of oxazole rings is 1. The zero-order valence-corrected chi connectivity index (χ0v) is 19.1. The molecule has 3 heterocycles. The highest BCUT2D eigenvalue weighted by atomic mass is 16.5. The number of carbonyl (C=O) groups is 3. The van der Waals surface area contributed by atoms with Crippen molar-refractivity contribution in [2.45, 2.75) is 44.0 Å². The van der Waals surface area contributed by atoms with Crippen molar-refractivity contribution in [2.24, 2.45) is 0 Å². The van der Waals surface area contributed by atoms with Gasteiger partial charge in [-0.2, -0.15) is 0 Å². The lowest BCUT2D eigenvalue weighted by Gasteiger charge is -2.48. The Bertz CT molecular complexity index is 1330. The fraction of sp³-hybridized carbons (Fsp3) is 0.308. The molecule has 2 aliphatic heterocycles. The Morgan fingerprint density at radius 1 is 1.14 bits per heavy atom. The Hall–Kier alpha value is -4.14. The highest BCUT2D eigenvalue weighted by molar-refractivity contribution is 6.15. The van der Waals surface area contributed by atoms with Crippen LogP contribution >= 0.6 is 0 Å². The van der Waals surface area contributed by atoms with Crippen LogP contribution in [0.4, 0.5) is 5.69 Å². The van der Waals surface area contributed by atoms with E-state index in [4.69, 9.17) is 13.9 Å². The van der Waals surface area contributed by atoms with Crippen molar-refractivity contribution >= 4 is 23.5 Å². The van der Waals surface area contributed by atoms with E-state index in [1.54, 1.807) is 48.4 Å². The van der Waals surface area contributed by atoms with Gasteiger partial charge in [-0.3, -0.25) is 14.5 Å². The van der Waals surface area contributed by atoms with Gasteiger partial charge in [0.05, 0.1) is 18.4 Å². The summed E-state index contributed by atoms with van der Waals surface area (Å²) in [4.78, 5) is 47.6. The molecule has 6 rings (SSSR count). The van der Waals surface area contributed by atoms with Gasteiger partial charge in [-0.25, -0.2) is 9.78 Å². The first-order valence-electron chi connectivity index (χ1n) is 11.5. The molecule has 2 amide bonds. The van der Waals surface area contributed by atoms with Crippen molar-refractivity contribution in [3.8, 4) is 17.2 Å². The number of hydrogen-bond acceptors (Lipinski definition) is 7. The van der Waals surface area contributed by atoms with Crippen LogP contribution in [0.2, 0.25) is 0 Å². The molecule has 9 nitrogen and oxygen atoms in total. The molecule has 3 aromatic rings. The first kappa shape index (κ1) is 21.4.